The molecule has 0 saturated heterocycles. The van der Waals surface area contributed by atoms with Crippen LogP contribution in [0.15, 0.2) is 57.4 Å². The Morgan fingerprint density at radius 1 is 1.18 bits per heavy atom. The maximum Gasteiger partial charge on any atom is 0.258 e. The Bertz CT molecular complexity index is 1140. The molecule has 0 bridgehead atoms. The van der Waals surface area contributed by atoms with Gasteiger partial charge in [-0.15, -0.1) is 11.8 Å². The number of hydrogen-bond donors (Lipinski definition) is 0. The molecule has 28 heavy (non-hydrogen) atoms. The van der Waals surface area contributed by atoms with Gasteiger partial charge in [0.05, 0.1) is 15.7 Å². The van der Waals surface area contributed by atoms with Crippen molar-refractivity contribution in [2.24, 2.45) is 0 Å². The average molecular weight is 439 g/mol. The highest BCUT2D eigenvalue weighted by Gasteiger charge is 2.21. The Morgan fingerprint density at radius 3 is 2.57 bits per heavy atom. The van der Waals surface area contributed by atoms with Crippen molar-refractivity contribution in [1.29, 1.82) is 0 Å². The summed E-state index contributed by atoms with van der Waals surface area (Å²) in [4.78, 5) is 21.1. The van der Waals surface area contributed by atoms with Gasteiger partial charge in [0.15, 0.2) is 0 Å². The molecular formula is C18H19ClN4O3S2. The van der Waals surface area contributed by atoms with Gasteiger partial charge in [-0.05, 0) is 24.3 Å². The molecule has 3 aromatic heterocycles. The van der Waals surface area contributed by atoms with E-state index < -0.39 is 10.0 Å². The zero-order valence-corrected chi connectivity index (χ0v) is 17.8. The van der Waals surface area contributed by atoms with Crippen molar-refractivity contribution in [2.75, 3.05) is 13.1 Å². The van der Waals surface area contributed by atoms with Crippen LogP contribution in [0.2, 0.25) is 5.02 Å². The second-order valence-electron chi connectivity index (χ2n) is 5.87. The summed E-state index contributed by atoms with van der Waals surface area (Å²) in [7, 11) is -3.52. The maximum atomic E-state index is 12.5. The number of rotatable bonds is 7. The van der Waals surface area contributed by atoms with Crippen LogP contribution in [0.4, 0.5) is 0 Å². The molecule has 148 valence electrons. The number of pyridine rings is 2. The topological polar surface area (TPSA) is 84.6 Å². The van der Waals surface area contributed by atoms with Gasteiger partial charge in [0.2, 0.25) is 10.0 Å². The monoisotopic (exact) mass is 438 g/mol. The van der Waals surface area contributed by atoms with Gasteiger partial charge in [-0.1, -0.05) is 25.4 Å². The van der Waals surface area contributed by atoms with Crippen molar-refractivity contribution in [1.82, 2.24) is 18.7 Å². The van der Waals surface area contributed by atoms with E-state index in [4.69, 9.17) is 11.6 Å². The molecule has 0 aliphatic heterocycles. The van der Waals surface area contributed by atoms with E-state index in [1.807, 2.05) is 0 Å². The van der Waals surface area contributed by atoms with E-state index in [2.05, 4.69) is 9.97 Å². The quantitative estimate of drug-likeness (QED) is 0.527. The molecule has 0 radical (unpaired) electrons. The molecule has 3 aromatic rings. The summed E-state index contributed by atoms with van der Waals surface area (Å²) in [5.74, 6) is 0.434. The molecule has 0 aliphatic carbocycles. The summed E-state index contributed by atoms with van der Waals surface area (Å²) in [5, 5.41) is 1.11. The molecule has 10 heteroatoms. The summed E-state index contributed by atoms with van der Waals surface area (Å²) in [6, 6.07) is 8.03. The number of aromatic nitrogens is 3. The predicted molar refractivity (Wildman–Crippen MR) is 110 cm³/mol. The van der Waals surface area contributed by atoms with Crippen molar-refractivity contribution in [3.8, 4) is 0 Å². The molecule has 3 heterocycles. The van der Waals surface area contributed by atoms with E-state index in [1.54, 1.807) is 38.1 Å². The van der Waals surface area contributed by atoms with Crippen LogP contribution < -0.4 is 5.56 Å². The predicted octanol–water partition coefficient (Wildman–Crippen LogP) is 3.07. The Labute approximate surface area is 172 Å². The van der Waals surface area contributed by atoms with Gasteiger partial charge in [-0.2, -0.15) is 4.31 Å². The van der Waals surface area contributed by atoms with Crippen LogP contribution in [-0.2, 0) is 15.8 Å². The van der Waals surface area contributed by atoms with E-state index in [1.165, 1.54) is 38.9 Å². The third-order valence-corrected chi connectivity index (χ3v) is 7.33. The minimum Gasteiger partial charge on any atom is -0.269 e. The third-order valence-electron chi connectivity index (χ3n) is 4.10. The lowest BCUT2D eigenvalue weighted by atomic mass is 10.4. The highest BCUT2D eigenvalue weighted by Crippen LogP contribution is 2.22. The van der Waals surface area contributed by atoms with Gasteiger partial charge < -0.3 is 0 Å². The van der Waals surface area contributed by atoms with Crippen molar-refractivity contribution < 1.29 is 8.42 Å². The maximum absolute atomic E-state index is 12.5. The first-order chi connectivity index (χ1) is 13.3. The fourth-order valence-corrected chi connectivity index (χ4v) is 4.96. The summed E-state index contributed by atoms with van der Waals surface area (Å²) >= 11 is 7.29. The average Bonchev–Trinajstić information content (AvgIpc) is 2.68. The Balaban J connectivity index is 1.76. The highest BCUT2D eigenvalue weighted by molar-refractivity contribution is 7.98. The number of halogens is 1. The lowest BCUT2D eigenvalue weighted by Gasteiger charge is -2.18. The molecule has 0 N–H and O–H groups in total. The molecule has 3 rings (SSSR count). The number of hydrogen-bond acceptors (Lipinski definition) is 6. The Hall–Kier alpha value is -1.94. The number of sulfonamides is 1. The SMILES string of the molecule is CCN(CC)S(=O)(=O)c1ccc(SCc2cc(=O)n3cc(Cl)ccc3n2)nc1. The standard InChI is InChI=1S/C18H19ClN4O3S2/c1-3-22(4-2)28(25,26)15-6-8-17(20-10-15)27-12-14-9-18(24)23-11-13(19)5-7-16(23)21-14/h5-11H,3-4,12H2,1-2H3. The van der Waals surface area contributed by atoms with Crippen LogP contribution in [-0.4, -0.2) is 40.2 Å². The van der Waals surface area contributed by atoms with Crippen LogP contribution in [0.25, 0.3) is 5.65 Å². The van der Waals surface area contributed by atoms with Crippen molar-refractivity contribution in [3.05, 3.63) is 63.8 Å². The fourth-order valence-electron chi connectivity index (χ4n) is 2.67. The number of fused-ring (bicyclic) bond motifs is 1. The molecular weight excluding hydrogens is 420 g/mol. The molecule has 0 aliphatic rings. The largest absolute Gasteiger partial charge is 0.269 e. The highest BCUT2D eigenvalue weighted by atomic mass is 35.5. The van der Waals surface area contributed by atoms with Crippen LogP contribution in [0, 0.1) is 0 Å². The van der Waals surface area contributed by atoms with Crippen molar-refractivity contribution in [2.45, 2.75) is 29.5 Å². The Morgan fingerprint density at radius 2 is 1.93 bits per heavy atom. The molecule has 0 amide bonds. The van der Waals surface area contributed by atoms with Crippen LogP contribution in [0.5, 0.6) is 0 Å². The summed E-state index contributed by atoms with van der Waals surface area (Å²) < 4.78 is 27.8. The zero-order chi connectivity index (χ0) is 20.3. The molecule has 0 spiro atoms. The van der Waals surface area contributed by atoms with Crippen LogP contribution >= 0.6 is 23.4 Å². The van der Waals surface area contributed by atoms with E-state index in [-0.39, 0.29) is 10.5 Å². The normalized spacial score (nSPS) is 12.0. The third kappa shape index (κ3) is 4.38. The van der Waals surface area contributed by atoms with Gasteiger partial charge >= 0.3 is 0 Å². The van der Waals surface area contributed by atoms with E-state index in [0.717, 1.165) is 0 Å². The smallest absolute Gasteiger partial charge is 0.258 e. The second kappa shape index (κ2) is 8.60. The lowest BCUT2D eigenvalue weighted by Crippen LogP contribution is -2.30. The second-order valence-corrected chi connectivity index (χ2v) is 9.24. The molecule has 0 saturated carbocycles. The first-order valence-electron chi connectivity index (χ1n) is 8.62. The molecule has 0 fully saturated rings. The molecule has 7 nitrogen and oxygen atoms in total. The Kier molecular flexibility index (Phi) is 6.39. The molecule has 0 unspecified atom stereocenters. The van der Waals surface area contributed by atoms with Crippen LogP contribution in [0.3, 0.4) is 0 Å². The van der Waals surface area contributed by atoms with E-state index >= 15 is 0 Å². The van der Waals surface area contributed by atoms with Gasteiger partial charge in [-0.25, -0.2) is 18.4 Å². The summed E-state index contributed by atoms with van der Waals surface area (Å²) in [5.41, 5.74) is 0.914. The van der Waals surface area contributed by atoms with E-state index in [0.29, 0.717) is 40.2 Å². The van der Waals surface area contributed by atoms with Crippen LogP contribution in [0.1, 0.15) is 19.5 Å². The first kappa shape index (κ1) is 20.8. The fraction of sp³-hybridized carbons (Fsp3) is 0.278. The zero-order valence-electron chi connectivity index (χ0n) is 15.4. The lowest BCUT2D eigenvalue weighted by molar-refractivity contribution is 0.445. The first-order valence-corrected chi connectivity index (χ1v) is 11.4. The van der Waals surface area contributed by atoms with Gasteiger partial charge in [0, 0.05) is 37.3 Å². The molecule has 0 atom stereocenters. The van der Waals surface area contributed by atoms with Gasteiger partial charge in [0.25, 0.3) is 5.56 Å². The van der Waals surface area contributed by atoms with Gasteiger partial charge in [0.1, 0.15) is 10.5 Å². The minimum atomic E-state index is -3.52. The molecule has 0 aromatic carbocycles. The van der Waals surface area contributed by atoms with Crippen molar-refractivity contribution in [3.63, 3.8) is 0 Å². The van der Waals surface area contributed by atoms with Gasteiger partial charge in [-0.3, -0.25) is 9.20 Å². The summed E-state index contributed by atoms with van der Waals surface area (Å²) in [6.45, 7) is 4.41. The van der Waals surface area contributed by atoms with Crippen molar-refractivity contribution >= 4 is 39.0 Å². The summed E-state index contributed by atoms with van der Waals surface area (Å²) in [6.07, 6.45) is 2.89. The number of nitrogens with zero attached hydrogens (tertiary/aromatic N) is 4. The van der Waals surface area contributed by atoms with E-state index in [9.17, 15) is 13.2 Å². The number of thioether (sulfide) groups is 1. The minimum absolute atomic E-state index is 0.166.